The molecule has 4 rings (SSSR count). The quantitative estimate of drug-likeness (QED) is 0.499. The molecule has 0 aliphatic carbocycles. The van der Waals surface area contributed by atoms with Crippen molar-refractivity contribution in [2.45, 2.75) is 30.7 Å². The van der Waals surface area contributed by atoms with E-state index in [0.717, 1.165) is 36.0 Å². The zero-order valence-corrected chi connectivity index (χ0v) is 20.8. The first-order valence-corrected chi connectivity index (χ1v) is 13.1. The zero-order valence-electron chi connectivity index (χ0n) is 20.0. The fourth-order valence-electron chi connectivity index (χ4n) is 4.19. The number of nitrogens with one attached hydrogen (secondary N) is 1. The first kappa shape index (κ1) is 24.8. The molecule has 0 spiro atoms. The number of carbonyl (C=O) groups excluding carboxylic acids is 1. The first-order chi connectivity index (χ1) is 16.9. The van der Waals surface area contributed by atoms with Gasteiger partial charge in [0.05, 0.1) is 19.1 Å². The number of nitrogens with zero attached hydrogens (tertiary/aromatic N) is 1. The molecule has 0 atom stereocenters. The van der Waals surface area contributed by atoms with Crippen LogP contribution in [-0.2, 0) is 16.6 Å². The van der Waals surface area contributed by atoms with Crippen molar-refractivity contribution < 1.29 is 22.7 Å². The van der Waals surface area contributed by atoms with E-state index in [1.54, 1.807) is 61.0 Å². The van der Waals surface area contributed by atoms with Gasteiger partial charge in [-0.05, 0) is 60.4 Å². The highest BCUT2D eigenvalue weighted by atomic mass is 32.2. The van der Waals surface area contributed by atoms with Crippen molar-refractivity contribution in [1.82, 2.24) is 9.62 Å². The van der Waals surface area contributed by atoms with Gasteiger partial charge in [-0.25, -0.2) is 8.42 Å². The van der Waals surface area contributed by atoms with E-state index in [1.807, 2.05) is 24.3 Å². The molecule has 0 bridgehead atoms. The van der Waals surface area contributed by atoms with Gasteiger partial charge in [-0.1, -0.05) is 30.7 Å². The molecule has 0 radical (unpaired) electrons. The summed E-state index contributed by atoms with van der Waals surface area (Å²) in [4.78, 5) is 13.1. The van der Waals surface area contributed by atoms with Crippen molar-refractivity contribution in [3.63, 3.8) is 0 Å². The maximum Gasteiger partial charge on any atom is 0.251 e. The summed E-state index contributed by atoms with van der Waals surface area (Å²) in [6.07, 6.45) is 2.87. The average Bonchev–Trinajstić information content (AvgIpc) is 2.92. The molecule has 1 N–H and O–H groups in total. The lowest BCUT2D eigenvalue weighted by Crippen LogP contribution is -2.35. The van der Waals surface area contributed by atoms with Gasteiger partial charge >= 0.3 is 0 Å². The smallest absolute Gasteiger partial charge is 0.251 e. The van der Waals surface area contributed by atoms with Crippen LogP contribution in [0, 0.1) is 0 Å². The van der Waals surface area contributed by atoms with E-state index in [2.05, 4.69) is 5.32 Å². The number of methoxy groups -OCH3 is 2. The van der Waals surface area contributed by atoms with E-state index in [0.29, 0.717) is 41.6 Å². The van der Waals surface area contributed by atoms with Gasteiger partial charge < -0.3 is 14.8 Å². The maximum atomic E-state index is 12.9. The highest BCUT2D eigenvalue weighted by Gasteiger charge is 2.25. The van der Waals surface area contributed by atoms with Gasteiger partial charge in [0, 0.05) is 36.8 Å². The number of hydrogen-bond acceptors (Lipinski definition) is 5. The third kappa shape index (κ3) is 5.66. The predicted octanol–water partition coefficient (Wildman–Crippen LogP) is 4.48. The molecule has 1 heterocycles. The average molecular weight is 495 g/mol. The van der Waals surface area contributed by atoms with E-state index < -0.39 is 10.0 Å². The number of piperidine rings is 1. The van der Waals surface area contributed by atoms with Crippen LogP contribution in [0.2, 0.25) is 0 Å². The molecule has 35 heavy (non-hydrogen) atoms. The standard InChI is InChI=1S/C27H30N2O5S/c1-33-24-12-9-23(26(18-24)34-2)19-28-27(30)22-8-6-7-21(17-22)20-10-13-25(14-11-20)35(31,32)29-15-4-3-5-16-29/h6-14,17-18H,3-5,15-16,19H2,1-2H3,(H,28,30). The molecule has 1 saturated heterocycles. The van der Waals surface area contributed by atoms with E-state index in [1.165, 1.54) is 0 Å². The largest absolute Gasteiger partial charge is 0.497 e. The molecule has 0 aromatic heterocycles. The Kier molecular flexibility index (Phi) is 7.73. The van der Waals surface area contributed by atoms with Crippen LogP contribution in [0.15, 0.2) is 71.6 Å². The van der Waals surface area contributed by atoms with E-state index in [4.69, 9.17) is 9.47 Å². The Balaban J connectivity index is 1.46. The van der Waals surface area contributed by atoms with Gasteiger partial charge in [0.25, 0.3) is 5.91 Å². The summed E-state index contributed by atoms with van der Waals surface area (Å²) in [5.74, 6) is 1.10. The van der Waals surface area contributed by atoms with E-state index in [9.17, 15) is 13.2 Å². The highest BCUT2D eigenvalue weighted by Crippen LogP contribution is 2.26. The SMILES string of the molecule is COc1ccc(CNC(=O)c2cccc(-c3ccc(S(=O)(=O)N4CCCCC4)cc3)c2)c(OC)c1. The van der Waals surface area contributed by atoms with Crippen LogP contribution in [-0.4, -0.2) is 45.9 Å². The molecule has 0 unspecified atom stereocenters. The van der Waals surface area contributed by atoms with Gasteiger partial charge in [0.2, 0.25) is 10.0 Å². The molecule has 1 fully saturated rings. The van der Waals surface area contributed by atoms with Crippen molar-refractivity contribution >= 4 is 15.9 Å². The van der Waals surface area contributed by atoms with Crippen LogP contribution >= 0.6 is 0 Å². The Bertz CT molecular complexity index is 1280. The number of ether oxygens (including phenoxy) is 2. The summed E-state index contributed by atoms with van der Waals surface area (Å²) in [6, 6.07) is 19.6. The molecule has 1 aliphatic heterocycles. The predicted molar refractivity (Wildman–Crippen MR) is 135 cm³/mol. The fraction of sp³-hybridized carbons (Fsp3) is 0.296. The molecule has 1 amide bonds. The molecule has 7 nitrogen and oxygen atoms in total. The summed E-state index contributed by atoms with van der Waals surface area (Å²) < 4.78 is 38.0. The Labute approximate surface area is 206 Å². The Hall–Kier alpha value is -3.36. The van der Waals surface area contributed by atoms with E-state index in [-0.39, 0.29) is 5.91 Å². The van der Waals surface area contributed by atoms with Crippen molar-refractivity contribution in [3.8, 4) is 22.6 Å². The summed E-state index contributed by atoms with van der Waals surface area (Å²) in [5.41, 5.74) is 3.03. The number of sulfonamides is 1. The van der Waals surface area contributed by atoms with Crippen LogP contribution < -0.4 is 14.8 Å². The second kappa shape index (κ2) is 10.9. The topological polar surface area (TPSA) is 84.9 Å². The van der Waals surface area contributed by atoms with Gasteiger partial charge in [0.15, 0.2) is 0 Å². The minimum Gasteiger partial charge on any atom is -0.497 e. The lowest BCUT2D eigenvalue weighted by molar-refractivity contribution is 0.0950. The molecule has 1 aliphatic rings. The third-order valence-electron chi connectivity index (χ3n) is 6.20. The van der Waals surface area contributed by atoms with Crippen molar-refractivity contribution in [3.05, 3.63) is 77.9 Å². The normalized spacial score (nSPS) is 14.3. The number of benzene rings is 3. The van der Waals surface area contributed by atoms with Crippen LogP contribution in [0.4, 0.5) is 0 Å². The Morgan fingerprint density at radius 1 is 0.886 bits per heavy atom. The van der Waals surface area contributed by atoms with Gasteiger partial charge in [0.1, 0.15) is 11.5 Å². The summed E-state index contributed by atoms with van der Waals surface area (Å²) in [6.45, 7) is 1.45. The molecule has 3 aromatic carbocycles. The molecular formula is C27H30N2O5S. The maximum absolute atomic E-state index is 12.9. The fourth-order valence-corrected chi connectivity index (χ4v) is 5.71. The number of amides is 1. The zero-order chi connectivity index (χ0) is 24.8. The minimum absolute atomic E-state index is 0.214. The monoisotopic (exact) mass is 494 g/mol. The molecular weight excluding hydrogens is 464 g/mol. The van der Waals surface area contributed by atoms with Crippen molar-refractivity contribution in [1.29, 1.82) is 0 Å². The molecule has 0 saturated carbocycles. The third-order valence-corrected chi connectivity index (χ3v) is 8.11. The van der Waals surface area contributed by atoms with Crippen LogP contribution in [0.3, 0.4) is 0 Å². The summed E-state index contributed by atoms with van der Waals surface area (Å²) in [5, 5.41) is 2.93. The number of hydrogen-bond donors (Lipinski definition) is 1. The second-order valence-corrected chi connectivity index (χ2v) is 10.4. The summed E-state index contributed by atoms with van der Waals surface area (Å²) >= 11 is 0. The highest BCUT2D eigenvalue weighted by molar-refractivity contribution is 7.89. The summed E-state index contributed by atoms with van der Waals surface area (Å²) in [7, 11) is -0.312. The lowest BCUT2D eigenvalue weighted by Gasteiger charge is -2.25. The van der Waals surface area contributed by atoms with Gasteiger partial charge in [-0.15, -0.1) is 0 Å². The van der Waals surface area contributed by atoms with Gasteiger partial charge in [-0.2, -0.15) is 4.31 Å². The van der Waals surface area contributed by atoms with E-state index >= 15 is 0 Å². The molecule has 3 aromatic rings. The van der Waals surface area contributed by atoms with Crippen LogP contribution in [0.1, 0.15) is 35.2 Å². The number of carbonyl (C=O) groups is 1. The second-order valence-electron chi connectivity index (χ2n) is 8.43. The van der Waals surface area contributed by atoms with Gasteiger partial charge in [-0.3, -0.25) is 4.79 Å². The number of rotatable bonds is 8. The lowest BCUT2D eigenvalue weighted by atomic mass is 10.0. The molecule has 184 valence electrons. The minimum atomic E-state index is -3.48. The Morgan fingerprint density at radius 3 is 2.31 bits per heavy atom. The molecule has 8 heteroatoms. The van der Waals surface area contributed by atoms with Crippen LogP contribution in [0.5, 0.6) is 11.5 Å². The first-order valence-electron chi connectivity index (χ1n) is 11.6. The Morgan fingerprint density at radius 2 is 1.63 bits per heavy atom. The van der Waals surface area contributed by atoms with Crippen LogP contribution in [0.25, 0.3) is 11.1 Å². The van der Waals surface area contributed by atoms with Crippen molar-refractivity contribution in [2.75, 3.05) is 27.3 Å². The van der Waals surface area contributed by atoms with Crippen molar-refractivity contribution in [2.24, 2.45) is 0 Å².